The molecular formula is C13H23NO4. The average Bonchev–Trinajstić information content (AvgIpc) is 3.09. The van der Waals surface area contributed by atoms with Crippen LogP contribution in [0.3, 0.4) is 0 Å². The first-order chi connectivity index (χ1) is 8.39. The monoisotopic (exact) mass is 257 g/mol. The van der Waals surface area contributed by atoms with Crippen molar-refractivity contribution in [1.29, 1.82) is 0 Å². The van der Waals surface area contributed by atoms with Crippen molar-refractivity contribution < 1.29 is 19.1 Å². The fourth-order valence-corrected chi connectivity index (χ4v) is 1.69. The smallest absolute Gasteiger partial charge is 0.325 e. The molecule has 1 rings (SSSR count). The fourth-order valence-electron chi connectivity index (χ4n) is 1.69. The van der Waals surface area contributed by atoms with Gasteiger partial charge in [0.25, 0.3) is 0 Å². The van der Waals surface area contributed by atoms with Gasteiger partial charge >= 0.3 is 5.97 Å². The molecule has 0 aliphatic heterocycles. The average molecular weight is 257 g/mol. The van der Waals surface area contributed by atoms with Crippen molar-refractivity contribution in [2.45, 2.75) is 51.7 Å². The van der Waals surface area contributed by atoms with E-state index in [0.717, 1.165) is 12.8 Å². The third kappa shape index (κ3) is 4.64. The molecule has 1 aliphatic carbocycles. The first-order valence-electron chi connectivity index (χ1n) is 6.40. The highest BCUT2D eigenvalue weighted by atomic mass is 16.5. The highest BCUT2D eigenvalue weighted by Crippen LogP contribution is 2.28. The Bertz CT molecular complexity index is 310. The van der Waals surface area contributed by atoms with Crippen LogP contribution in [0, 0.1) is 0 Å². The molecule has 1 fully saturated rings. The van der Waals surface area contributed by atoms with Crippen LogP contribution in [0.25, 0.3) is 0 Å². The minimum absolute atomic E-state index is 0.0441. The van der Waals surface area contributed by atoms with E-state index in [2.05, 4.69) is 0 Å². The number of nitrogens with zero attached hydrogens (tertiary/aromatic N) is 1. The number of rotatable bonds is 7. The highest BCUT2D eigenvalue weighted by Gasteiger charge is 2.36. The summed E-state index contributed by atoms with van der Waals surface area (Å²) in [4.78, 5) is 25.3. The summed E-state index contributed by atoms with van der Waals surface area (Å²) in [6.45, 7) is 5.88. The molecule has 1 amide bonds. The molecule has 0 heterocycles. The van der Waals surface area contributed by atoms with E-state index in [1.165, 1.54) is 0 Å². The van der Waals surface area contributed by atoms with Crippen molar-refractivity contribution in [2.75, 3.05) is 20.3 Å². The molecule has 0 saturated heterocycles. The third-order valence-electron chi connectivity index (χ3n) is 3.04. The van der Waals surface area contributed by atoms with Gasteiger partial charge in [0.15, 0.2) is 0 Å². The maximum atomic E-state index is 12.2. The van der Waals surface area contributed by atoms with Crippen LogP contribution in [-0.4, -0.2) is 48.7 Å². The molecule has 0 unspecified atom stereocenters. The summed E-state index contributed by atoms with van der Waals surface area (Å²) in [6.07, 6.45) is 2.22. The van der Waals surface area contributed by atoms with Crippen LogP contribution in [0.2, 0.25) is 0 Å². The summed E-state index contributed by atoms with van der Waals surface area (Å²) in [5, 5.41) is 0. The SMILES string of the molecule is CCOC(=O)CN(C(=O)CC(C)(C)OC)C1CC1. The van der Waals surface area contributed by atoms with E-state index in [9.17, 15) is 9.59 Å². The molecule has 5 nitrogen and oxygen atoms in total. The topological polar surface area (TPSA) is 55.8 Å². The zero-order valence-corrected chi connectivity index (χ0v) is 11.7. The number of amides is 1. The summed E-state index contributed by atoms with van der Waals surface area (Å²) in [5.74, 6) is -0.384. The Morgan fingerprint density at radius 1 is 1.33 bits per heavy atom. The summed E-state index contributed by atoms with van der Waals surface area (Å²) in [5.41, 5.74) is -0.501. The fraction of sp³-hybridized carbons (Fsp3) is 0.846. The Kier molecular flexibility index (Phi) is 5.14. The molecule has 18 heavy (non-hydrogen) atoms. The van der Waals surface area contributed by atoms with Crippen LogP contribution in [0.1, 0.15) is 40.0 Å². The Morgan fingerprint density at radius 2 is 1.94 bits per heavy atom. The van der Waals surface area contributed by atoms with Crippen molar-refractivity contribution in [1.82, 2.24) is 4.90 Å². The second-order valence-corrected chi connectivity index (χ2v) is 5.20. The predicted molar refractivity (Wildman–Crippen MR) is 67.1 cm³/mol. The van der Waals surface area contributed by atoms with Crippen LogP contribution in [0.5, 0.6) is 0 Å². The van der Waals surface area contributed by atoms with Gasteiger partial charge in [-0.15, -0.1) is 0 Å². The second kappa shape index (κ2) is 6.18. The molecule has 104 valence electrons. The van der Waals surface area contributed by atoms with Crippen LogP contribution >= 0.6 is 0 Å². The second-order valence-electron chi connectivity index (χ2n) is 5.20. The Labute approximate surface area is 108 Å². The van der Waals surface area contributed by atoms with Crippen LogP contribution in [0.4, 0.5) is 0 Å². The van der Waals surface area contributed by atoms with Crippen molar-refractivity contribution >= 4 is 11.9 Å². The number of carbonyl (C=O) groups excluding carboxylic acids is 2. The molecule has 0 aromatic carbocycles. The molecule has 1 saturated carbocycles. The summed E-state index contributed by atoms with van der Waals surface area (Å²) < 4.78 is 10.1. The molecule has 0 aromatic rings. The lowest BCUT2D eigenvalue weighted by atomic mass is 10.0. The maximum absolute atomic E-state index is 12.2. The largest absolute Gasteiger partial charge is 0.465 e. The number of carbonyl (C=O) groups is 2. The number of hydrogen-bond donors (Lipinski definition) is 0. The number of hydrogen-bond acceptors (Lipinski definition) is 4. The molecule has 1 aliphatic rings. The Balaban J connectivity index is 2.56. The molecular weight excluding hydrogens is 234 g/mol. The van der Waals surface area contributed by atoms with E-state index >= 15 is 0 Å². The molecule has 0 bridgehead atoms. The summed E-state index contributed by atoms with van der Waals surface area (Å²) in [6, 6.07) is 0.203. The highest BCUT2D eigenvalue weighted by molar-refractivity contribution is 5.83. The first-order valence-corrected chi connectivity index (χ1v) is 6.40. The van der Waals surface area contributed by atoms with Gasteiger partial charge in [0.1, 0.15) is 6.54 Å². The van der Waals surface area contributed by atoms with Gasteiger partial charge in [-0.3, -0.25) is 9.59 Å². The van der Waals surface area contributed by atoms with Crippen LogP contribution in [-0.2, 0) is 19.1 Å². The zero-order valence-electron chi connectivity index (χ0n) is 11.7. The quantitative estimate of drug-likeness (QED) is 0.646. The third-order valence-corrected chi connectivity index (χ3v) is 3.04. The number of ether oxygens (including phenoxy) is 2. The zero-order chi connectivity index (χ0) is 13.8. The van der Waals surface area contributed by atoms with E-state index in [1.54, 1.807) is 18.9 Å². The molecule has 5 heteroatoms. The number of esters is 1. The maximum Gasteiger partial charge on any atom is 0.325 e. The lowest BCUT2D eigenvalue weighted by Crippen LogP contribution is -2.41. The van der Waals surface area contributed by atoms with Gasteiger partial charge < -0.3 is 14.4 Å². The van der Waals surface area contributed by atoms with Crippen molar-refractivity contribution in [3.05, 3.63) is 0 Å². The molecule has 0 radical (unpaired) electrons. The van der Waals surface area contributed by atoms with Gasteiger partial charge in [0.05, 0.1) is 18.6 Å². The van der Waals surface area contributed by atoms with Gasteiger partial charge in [-0.05, 0) is 33.6 Å². The van der Waals surface area contributed by atoms with Gasteiger partial charge in [0, 0.05) is 13.2 Å². The van der Waals surface area contributed by atoms with E-state index in [0.29, 0.717) is 6.61 Å². The standard InChI is InChI=1S/C13H23NO4/c1-5-18-12(16)9-14(10-6-7-10)11(15)8-13(2,3)17-4/h10H,5-9H2,1-4H3. The van der Waals surface area contributed by atoms with Crippen LogP contribution < -0.4 is 0 Å². The van der Waals surface area contributed by atoms with Gasteiger partial charge in [0.2, 0.25) is 5.91 Å². The summed E-state index contributed by atoms with van der Waals surface area (Å²) in [7, 11) is 1.58. The minimum Gasteiger partial charge on any atom is -0.465 e. The first kappa shape index (κ1) is 15.0. The summed E-state index contributed by atoms with van der Waals surface area (Å²) >= 11 is 0. The van der Waals surface area contributed by atoms with E-state index in [1.807, 2.05) is 13.8 Å². The van der Waals surface area contributed by atoms with E-state index in [-0.39, 0.29) is 30.9 Å². The lowest BCUT2D eigenvalue weighted by Gasteiger charge is -2.27. The minimum atomic E-state index is -0.501. The molecule has 0 aromatic heterocycles. The lowest BCUT2D eigenvalue weighted by molar-refractivity contribution is -0.151. The molecule has 0 atom stereocenters. The van der Waals surface area contributed by atoms with E-state index in [4.69, 9.17) is 9.47 Å². The van der Waals surface area contributed by atoms with E-state index < -0.39 is 5.60 Å². The predicted octanol–water partition coefficient (Wildman–Crippen LogP) is 1.36. The Hall–Kier alpha value is -1.10. The van der Waals surface area contributed by atoms with Crippen molar-refractivity contribution in [3.8, 4) is 0 Å². The molecule has 0 spiro atoms. The van der Waals surface area contributed by atoms with Gasteiger partial charge in [-0.2, -0.15) is 0 Å². The van der Waals surface area contributed by atoms with Crippen LogP contribution in [0.15, 0.2) is 0 Å². The molecule has 0 N–H and O–H groups in total. The van der Waals surface area contributed by atoms with Crippen molar-refractivity contribution in [3.63, 3.8) is 0 Å². The van der Waals surface area contributed by atoms with Gasteiger partial charge in [-0.1, -0.05) is 0 Å². The number of methoxy groups -OCH3 is 1. The van der Waals surface area contributed by atoms with Crippen molar-refractivity contribution in [2.24, 2.45) is 0 Å². The normalized spacial score (nSPS) is 15.3. The van der Waals surface area contributed by atoms with Gasteiger partial charge in [-0.25, -0.2) is 0 Å². The Morgan fingerprint density at radius 3 is 2.39 bits per heavy atom.